The fraction of sp³-hybridized carbons (Fsp3) is 0.586. The zero-order chi connectivity index (χ0) is 22.1. The Hall–Kier alpha value is -1.58. The number of fused-ring (bicyclic) bond motifs is 4. The highest BCUT2D eigenvalue weighted by atomic mass is 16.7. The maximum atomic E-state index is 6.43. The average Bonchev–Trinajstić information content (AvgIpc) is 3.04. The first-order chi connectivity index (χ1) is 15.2. The van der Waals surface area contributed by atoms with Gasteiger partial charge in [0.25, 0.3) is 0 Å². The molecule has 2 aromatic rings. The Bertz CT molecular complexity index is 1150. The molecule has 4 saturated carbocycles. The monoisotopic (exact) mass is 426 g/mol. The van der Waals surface area contributed by atoms with Gasteiger partial charge in [-0.05, 0) is 105 Å². The lowest BCUT2D eigenvalue weighted by Crippen LogP contribution is -2.50. The molecule has 2 bridgehead atoms. The highest BCUT2D eigenvalue weighted by molar-refractivity contribution is 6.62. The van der Waals surface area contributed by atoms with Crippen molar-refractivity contribution in [3.63, 3.8) is 0 Å². The number of hydrogen-bond acceptors (Lipinski definition) is 2. The van der Waals surface area contributed by atoms with Crippen molar-refractivity contribution in [3.8, 4) is 11.1 Å². The van der Waals surface area contributed by atoms with Crippen molar-refractivity contribution in [2.45, 2.75) is 102 Å². The molecule has 0 N–H and O–H groups in total. The Labute approximate surface area is 193 Å². The molecule has 166 valence electrons. The van der Waals surface area contributed by atoms with Crippen molar-refractivity contribution in [2.24, 2.45) is 5.41 Å². The molecule has 5 fully saturated rings. The maximum Gasteiger partial charge on any atom is 0.494 e. The van der Waals surface area contributed by atoms with E-state index >= 15 is 0 Å². The summed E-state index contributed by atoms with van der Waals surface area (Å²) in [6.07, 6.45) is 9.34. The molecule has 0 amide bonds. The van der Waals surface area contributed by atoms with Crippen LogP contribution >= 0.6 is 0 Å². The number of aryl methyl sites for hydroxylation is 1. The molecule has 0 radical (unpaired) electrons. The molecular formula is C29H35BO2. The predicted molar refractivity (Wildman–Crippen MR) is 130 cm³/mol. The van der Waals surface area contributed by atoms with Crippen LogP contribution in [0.2, 0.25) is 0 Å². The lowest BCUT2D eigenvalue weighted by atomic mass is 9.49. The van der Waals surface area contributed by atoms with E-state index in [0.717, 1.165) is 0 Å². The lowest BCUT2D eigenvalue weighted by molar-refractivity contribution is 0.00578. The van der Waals surface area contributed by atoms with E-state index in [2.05, 4.69) is 71.0 Å². The summed E-state index contributed by atoms with van der Waals surface area (Å²) in [4.78, 5) is 0. The molecule has 2 aromatic carbocycles. The second kappa shape index (κ2) is 5.73. The maximum absolute atomic E-state index is 6.43. The zero-order valence-electron chi connectivity index (χ0n) is 20.3. The molecule has 8 rings (SSSR count). The van der Waals surface area contributed by atoms with Gasteiger partial charge in [-0.1, -0.05) is 49.7 Å². The quantitative estimate of drug-likeness (QED) is 0.553. The molecule has 1 aliphatic heterocycles. The number of rotatable bonds is 4. The first-order valence-electron chi connectivity index (χ1n) is 12.8. The van der Waals surface area contributed by atoms with Gasteiger partial charge in [-0.15, -0.1) is 0 Å². The van der Waals surface area contributed by atoms with Crippen LogP contribution in [0.5, 0.6) is 0 Å². The Morgan fingerprint density at radius 3 is 2.25 bits per heavy atom. The first kappa shape index (κ1) is 19.9. The molecule has 3 heteroatoms. The second-order valence-electron chi connectivity index (χ2n) is 12.5. The van der Waals surface area contributed by atoms with Crippen LogP contribution < -0.4 is 5.46 Å². The summed E-state index contributed by atoms with van der Waals surface area (Å²) in [6.45, 7) is 10.9. The summed E-state index contributed by atoms with van der Waals surface area (Å²) in [5, 5.41) is 0. The van der Waals surface area contributed by atoms with Gasteiger partial charge in [0.2, 0.25) is 0 Å². The Kier molecular flexibility index (Phi) is 3.55. The van der Waals surface area contributed by atoms with Gasteiger partial charge in [0.15, 0.2) is 0 Å². The summed E-state index contributed by atoms with van der Waals surface area (Å²) in [5.41, 5.74) is 9.71. The molecule has 0 aromatic heterocycles. The molecule has 1 heterocycles. The van der Waals surface area contributed by atoms with E-state index in [1.807, 2.05) is 0 Å². The van der Waals surface area contributed by atoms with Gasteiger partial charge in [0.1, 0.15) is 0 Å². The minimum atomic E-state index is -0.301. The van der Waals surface area contributed by atoms with Crippen LogP contribution in [0.4, 0.5) is 0 Å². The van der Waals surface area contributed by atoms with E-state index in [1.165, 1.54) is 67.1 Å². The van der Waals surface area contributed by atoms with E-state index in [9.17, 15) is 0 Å². The van der Waals surface area contributed by atoms with E-state index in [-0.39, 0.29) is 18.3 Å². The van der Waals surface area contributed by atoms with Crippen molar-refractivity contribution < 1.29 is 9.31 Å². The van der Waals surface area contributed by atoms with Crippen molar-refractivity contribution in [1.82, 2.24) is 0 Å². The van der Waals surface area contributed by atoms with Gasteiger partial charge < -0.3 is 9.31 Å². The van der Waals surface area contributed by atoms with Crippen LogP contribution in [0.1, 0.15) is 89.8 Å². The van der Waals surface area contributed by atoms with Gasteiger partial charge >= 0.3 is 7.12 Å². The fourth-order valence-corrected chi connectivity index (χ4v) is 8.25. The van der Waals surface area contributed by atoms with Crippen molar-refractivity contribution in [2.75, 3.05) is 0 Å². The van der Waals surface area contributed by atoms with Crippen LogP contribution in [0.15, 0.2) is 36.4 Å². The largest absolute Gasteiger partial charge is 0.494 e. The second-order valence-corrected chi connectivity index (χ2v) is 12.5. The normalized spacial score (nSPS) is 36.1. The smallest absolute Gasteiger partial charge is 0.399 e. The van der Waals surface area contributed by atoms with E-state index in [4.69, 9.17) is 9.31 Å². The van der Waals surface area contributed by atoms with Crippen molar-refractivity contribution >= 4 is 12.6 Å². The van der Waals surface area contributed by atoms with Crippen LogP contribution in [0, 0.1) is 5.41 Å². The zero-order valence-corrected chi connectivity index (χ0v) is 20.3. The SMILES string of the molecule is CCCCc1ccc2c(c1)[C@]13CCC4(C1)C[C@@]43c1cc(B3OC(C)(C)C(C)(C)O3)ccc1-2. The first-order valence-corrected chi connectivity index (χ1v) is 12.8. The standard InChI is InChI=1S/C29H35BO2/c1-6-7-8-19-9-11-21-22-12-10-20(30-31-25(2,3)26(4,5)32-30)16-24(22)29-18-27(29)13-14-28(29,17-27)23(21)15-19/h9-12,15-16H,6-8,13-14,17-18H2,1-5H3/t27?,28-,29+/m0/s1. The van der Waals surface area contributed by atoms with Gasteiger partial charge in [-0.3, -0.25) is 0 Å². The summed E-state index contributed by atoms with van der Waals surface area (Å²) < 4.78 is 12.9. The van der Waals surface area contributed by atoms with Crippen LogP contribution in [0.3, 0.4) is 0 Å². The van der Waals surface area contributed by atoms with E-state index in [0.29, 0.717) is 16.2 Å². The van der Waals surface area contributed by atoms with Crippen molar-refractivity contribution in [1.29, 1.82) is 0 Å². The van der Waals surface area contributed by atoms with Gasteiger partial charge in [-0.25, -0.2) is 0 Å². The summed E-state index contributed by atoms with van der Waals surface area (Å²) in [6, 6.07) is 14.6. The highest BCUT2D eigenvalue weighted by Crippen LogP contribution is 2.94. The highest BCUT2D eigenvalue weighted by Gasteiger charge is 2.90. The Morgan fingerprint density at radius 2 is 1.56 bits per heavy atom. The third-order valence-electron chi connectivity index (χ3n) is 10.6. The van der Waals surface area contributed by atoms with Crippen molar-refractivity contribution in [3.05, 3.63) is 53.1 Å². The summed E-state index contributed by atoms with van der Waals surface area (Å²) >= 11 is 0. The van der Waals surface area contributed by atoms with Crippen LogP contribution in [-0.2, 0) is 26.6 Å². The third kappa shape index (κ3) is 2.04. The molecule has 1 saturated heterocycles. The molecule has 32 heavy (non-hydrogen) atoms. The van der Waals surface area contributed by atoms with Gasteiger partial charge in [0, 0.05) is 10.8 Å². The molecule has 1 unspecified atom stereocenters. The van der Waals surface area contributed by atoms with E-state index in [1.54, 1.807) is 11.1 Å². The molecule has 2 nitrogen and oxygen atoms in total. The minimum Gasteiger partial charge on any atom is -0.399 e. The number of hydrogen-bond donors (Lipinski definition) is 0. The van der Waals surface area contributed by atoms with Gasteiger partial charge in [-0.2, -0.15) is 0 Å². The molecule has 6 aliphatic rings. The van der Waals surface area contributed by atoms with Gasteiger partial charge in [0.05, 0.1) is 11.2 Å². The lowest BCUT2D eigenvalue weighted by Gasteiger charge is -2.53. The average molecular weight is 426 g/mol. The minimum absolute atomic E-state index is 0.275. The molecule has 3 spiro atoms. The number of unbranched alkanes of at least 4 members (excludes halogenated alkanes) is 1. The van der Waals surface area contributed by atoms with E-state index < -0.39 is 0 Å². The third-order valence-corrected chi connectivity index (χ3v) is 10.6. The van der Waals surface area contributed by atoms with Crippen LogP contribution in [0.25, 0.3) is 11.1 Å². The number of benzene rings is 2. The Balaban J connectivity index is 1.36. The summed E-state index contributed by atoms with van der Waals surface area (Å²) in [7, 11) is -0.275. The fourth-order valence-electron chi connectivity index (χ4n) is 8.25. The van der Waals surface area contributed by atoms with Crippen LogP contribution in [-0.4, -0.2) is 18.3 Å². The topological polar surface area (TPSA) is 18.5 Å². The Morgan fingerprint density at radius 1 is 0.844 bits per heavy atom. The predicted octanol–water partition coefficient (Wildman–Crippen LogP) is 6.07. The summed E-state index contributed by atoms with van der Waals surface area (Å²) in [5.74, 6) is 0. The molecule has 5 aliphatic carbocycles. The molecular weight excluding hydrogens is 391 g/mol. The molecule has 3 atom stereocenters.